The minimum atomic E-state index is -0.662. The average molecular weight is 258 g/mol. The average Bonchev–Trinajstić information content (AvgIpc) is 2.37. The van der Waals surface area contributed by atoms with Gasteiger partial charge < -0.3 is 9.47 Å². The molecule has 0 saturated carbocycles. The second kappa shape index (κ2) is 7.02. The molecule has 19 heavy (non-hydrogen) atoms. The summed E-state index contributed by atoms with van der Waals surface area (Å²) in [4.78, 5) is 22.1. The zero-order valence-electron chi connectivity index (χ0n) is 10.8. The first-order chi connectivity index (χ1) is 9.05. The Morgan fingerprint density at radius 3 is 2.42 bits per heavy atom. The summed E-state index contributed by atoms with van der Waals surface area (Å²) in [6.07, 6.45) is 6.50. The molecular formula is C15H14O4. The van der Waals surface area contributed by atoms with E-state index in [1.165, 1.54) is 13.0 Å². The maximum Gasteiger partial charge on any atom is 0.319 e. The van der Waals surface area contributed by atoms with Crippen molar-refractivity contribution in [2.45, 2.75) is 13.3 Å². The van der Waals surface area contributed by atoms with Crippen LogP contribution in [0.1, 0.15) is 18.9 Å². The van der Waals surface area contributed by atoms with Gasteiger partial charge in [0.2, 0.25) is 0 Å². The van der Waals surface area contributed by atoms with Gasteiger partial charge in [0.25, 0.3) is 0 Å². The van der Waals surface area contributed by atoms with E-state index in [0.717, 1.165) is 5.56 Å². The fraction of sp³-hybridized carbons (Fsp3) is 0.200. The Balaban J connectivity index is 2.78. The lowest BCUT2D eigenvalue weighted by Crippen LogP contribution is -2.08. The second-order valence-corrected chi connectivity index (χ2v) is 3.78. The third-order valence-corrected chi connectivity index (χ3v) is 2.17. The Bertz CT molecular complexity index is 532. The Morgan fingerprint density at radius 1 is 1.32 bits per heavy atom. The van der Waals surface area contributed by atoms with Gasteiger partial charge in [-0.15, -0.1) is 6.42 Å². The van der Waals surface area contributed by atoms with Crippen LogP contribution in [0.15, 0.2) is 30.0 Å². The molecule has 0 unspecified atom stereocenters. The number of Topliss-reactive ketones (excluding diaryl/α,β-unsaturated/α-hetero) is 1. The molecule has 1 aromatic rings. The maximum atomic E-state index is 11.3. The molecule has 0 aliphatic carbocycles. The highest BCUT2D eigenvalue weighted by Crippen LogP contribution is 2.14. The third-order valence-electron chi connectivity index (χ3n) is 2.17. The van der Waals surface area contributed by atoms with E-state index in [4.69, 9.17) is 15.9 Å². The quantitative estimate of drug-likeness (QED) is 0.351. The van der Waals surface area contributed by atoms with Crippen LogP contribution >= 0.6 is 0 Å². The van der Waals surface area contributed by atoms with Crippen molar-refractivity contribution in [2.24, 2.45) is 0 Å². The number of esters is 1. The van der Waals surface area contributed by atoms with E-state index in [1.807, 2.05) is 0 Å². The highest BCUT2D eigenvalue weighted by molar-refractivity contribution is 5.94. The van der Waals surface area contributed by atoms with Crippen LogP contribution in [-0.2, 0) is 14.3 Å². The Morgan fingerprint density at radius 2 is 1.95 bits per heavy atom. The van der Waals surface area contributed by atoms with Crippen LogP contribution < -0.4 is 4.74 Å². The number of hydrogen-bond donors (Lipinski definition) is 0. The minimum absolute atomic E-state index is 0.0661. The number of terminal acetylenes is 1. The van der Waals surface area contributed by atoms with Gasteiger partial charge in [-0.2, -0.15) is 0 Å². The molecule has 0 radical (unpaired) electrons. The molecule has 0 saturated heterocycles. The number of ketones is 1. The fourth-order valence-corrected chi connectivity index (χ4v) is 1.31. The number of carbonyl (C=O) groups excluding carboxylic acids is 2. The number of ether oxygens (including phenoxy) is 2. The van der Waals surface area contributed by atoms with E-state index in [9.17, 15) is 9.59 Å². The van der Waals surface area contributed by atoms with Gasteiger partial charge >= 0.3 is 5.97 Å². The molecule has 0 atom stereocenters. The second-order valence-electron chi connectivity index (χ2n) is 3.78. The molecule has 0 bridgehead atoms. The molecule has 98 valence electrons. The molecule has 4 nitrogen and oxygen atoms in total. The summed E-state index contributed by atoms with van der Waals surface area (Å²) < 4.78 is 9.93. The summed E-state index contributed by atoms with van der Waals surface area (Å²) in [5.74, 6) is 2.11. The first kappa shape index (κ1) is 14.5. The SMILES string of the molecule is C#C/C(=C\c1ccc(OC)cc1)OC(=O)CC(C)=O. The van der Waals surface area contributed by atoms with E-state index >= 15 is 0 Å². The summed E-state index contributed by atoms with van der Waals surface area (Å²) in [6, 6.07) is 7.07. The van der Waals surface area contributed by atoms with Crippen LogP contribution in [0, 0.1) is 12.3 Å². The molecule has 1 rings (SSSR count). The van der Waals surface area contributed by atoms with Crippen molar-refractivity contribution in [3.63, 3.8) is 0 Å². The standard InChI is InChI=1S/C15H14O4/c1-4-13(19-15(17)9-11(2)16)10-12-5-7-14(18-3)8-6-12/h1,5-8,10H,9H2,2-3H3/b13-10+. The lowest BCUT2D eigenvalue weighted by molar-refractivity contribution is -0.141. The van der Waals surface area contributed by atoms with E-state index in [0.29, 0.717) is 5.75 Å². The van der Waals surface area contributed by atoms with Crippen molar-refractivity contribution < 1.29 is 19.1 Å². The van der Waals surface area contributed by atoms with Gasteiger partial charge in [-0.1, -0.05) is 12.1 Å². The van der Waals surface area contributed by atoms with Crippen molar-refractivity contribution in [3.8, 4) is 18.1 Å². The molecule has 0 aliphatic heterocycles. The zero-order chi connectivity index (χ0) is 14.3. The third kappa shape index (κ3) is 5.09. The van der Waals surface area contributed by atoms with E-state index in [2.05, 4.69) is 5.92 Å². The summed E-state index contributed by atoms with van der Waals surface area (Å²) in [6.45, 7) is 1.31. The highest BCUT2D eigenvalue weighted by Gasteiger charge is 2.08. The van der Waals surface area contributed by atoms with Crippen LogP contribution in [-0.4, -0.2) is 18.9 Å². The number of carbonyl (C=O) groups is 2. The topological polar surface area (TPSA) is 52.6 Å². The summed E-state index contributed by atoms with van der Waals surface area (Å²) in [7, 11) is 1.57. The van der Waals surface area contributed by atoms with Crippen molar-refractivity contribution in [2.75, 3.05) is 7.11 Å². The van der Waals surface area contributed by atoms with Gasteiger partial charge in [0.05, 0.1) is 7.11 Å². The van der Waals surface area contributed by atoms with Gasteiger partial charge in [-0.05, 0) is 36.6 Å². The lowest BCUT2D eigenvalue weighted by Gasteiger charge is -2.03. The first-order valence-corrected chi connectivity index (χ1v) is 5.57. The molecule has 0 fully saturated rings. The maximum absolute atomic E-state index is 11.3. The Kier molecular flexibility index (Phi) is 5.36. The molecule has 0 N–H and O–H groups in total. The molecule has 0 spiro atoms. The highest BCUT2D eigenvalue weighted by atomic mass is 16.5. The summed E-state index contributed by atoms with van der Waals surface area (Å²) in [5.41, 5.74) is 0.768. The Hall–Kier alpha value is -2.54. The van der Waals surface area contributed by atoms with Crippen molar-refractivity contribution in [1.82, 2.24) is 0 Å². The lowest BCUT2D eigenvalue weighted by atomic mass is 10.2. The number of benzene rings is 1. The van der Waals surface area contributed by atoms with Gasteiger partial charge in [0.15, 0.2) is 5.76 Å². The van der Waals surface area contributed by atoms with Gasteiger partial charge in [-0.25, -0.2) is 0 Å². The molecule has 0 heterocycles. The number of rotatable bonds is 5. The minimum Gasteiger partial charge on any atom is -0.497 e. The smallest absolute Gasteiger partial charge is 0.319 e. The van der Waals surface area contributed by atoms with Crippen LogP contribution in [0.3, 0.4) is 0 Å². The molecule has 0 amide bonds. The summed E-state index contributed by atoms with van der Waals surface area (Å²) in [5, 5.41) is 0. The molecule has 1 aromatic carbocycles. The van der Waals surface area contributed by atoms with E-state index in [1.54, 1.807) is 31.4 Å². The van der Waals surface area contributed by atoms with Crippen LogP contribution in [0.2, 0.25) is 0 Å². The zero-order valence-corrected chi connectivity index (χ0v) is 10.8. The van der Waals surface area contributed by atoms with Gasteiger partial charge in [0.1, 0.15) is 18.0 Å². The normalized spacial score (nSPS) is 10.5. The number of hydrogen-bond acceptors (Lipinski definition) is 4. The molecule has 4 heteroatoms. The predicted octanol–water partition coefficient (Wildman–Crippen LogP) is 2.19. The monoisotopic (exact) mass is 258 g/mol. The van der Waals surface area contributed by atoms with Crippen LogP contribution in [0.25, 0.3) is 6.08 Å². The number of methoxy groups -OCH3 is 1. The van der Waals surface area contributed by atoms with Crippen molar-refractivity contribution >= 4 is 17.8 Å². The summed E-state index contributed by atoms with van der Waals surface area (Å²) >= 11 is 0. The van der Waals surface area contributed by atoms with Gasteiger partial charge in [-0.3, -0.25) is 9.59 Å². The van der Waals surface area contributed by atoms with Crippen LogP contribution in [0.5, 0.6) is 5.75 Å². The fourth-order valence-electron chi connectivity index (χ4n) is 1.31. The number of allylic oxidation sites excluding steroid dienone is 1. The molecule has 0 aliphatic rings. The van der Waals surface area contributed by atoms with Gasteiger partial charge in [0, 0.05) is 0 Å². The van der Waals surface area contributed by atoms with E-state index < -0.39 is 5.97 Å². The predicted molar refractivity (Wildman–Crippen MR) is 71.2 cm³/mol. The largest absolute Gasteiger partial charge is 0.497 e. The first-order valence-electron chi connectivity index (χ1n) is 5.57. The van der Waals surface area contributed by atoms with Crippen molar-refractivity contribution in [1.29, 1.82) is 0 Å². The van der Waals surface area contributed by atoms with E-state index in [-0.39, 0.29) is 18.0 Å². The Labute approximate surface area is 112 Å². The molecular weight excluding hydrogens is 244 g/mol. The molecule has 0 aromatic heterocycles. The van der Waals surface area contributed by atoms with Crippen LogP contribution in [0.4, 0.5) is 0 Å². The van der Waals surface area contributed by atoms with Crippen molar-refractivity contribution in [3.05, 3.63) is 35.6 Å².